The first-order valence-electron chi connectivity index (χ1n) is 6.95. The minimum atomic E-state index is -0.716. The Kier molecular flexibility index (Phi) is 6.57. The van der Waals surface area contributed by atoms with Crippen LogP contribution in [0, 0.1) is 5.92 Å². The van der Waals surface area contributed by atoms with Crippen molar-refractivity contribution in [2.24, 2.45) is 5.92 Å². The molecule has 1 aromatic carbocycles. The number of carboxylic acid groups (broad SMARTS) is 1. The third-order valence-electron chi connectivity index (χ3n) is 3.05. The predicted octanol–water partition coefficient (Wildman–Crippen LogP) is 3.18. The molecule has 0 fully saturated rings. The van der Waals surface area contributed by atoms with Gasteiger partial charge >= 0.3 is 5.97 Å². The second-order valence-electron chi connectivity index (χ2n) is 5.65. The Bertz CT molecular complexity index is 384. The Labute approximate surface area is 116 Å². The Morgan fingerprint density at radius 2 is 1.79 bits per heavy atom. The molecule has 0 bridgehead atoms. The summed E-state index contributed by atoms with van der Waals surface area (Å²) in [5, 5.41) is 8.60. The minimum Gasteiger partial charge on any atom is -0.481 e. The van der Waals surface area contributed by atoms with Gasteiger partial charge in [-0.25, -0.2) is 0 Å². The summed E-state index contributed by atoms with van der Waals surface area (Å²) >= 11 is 0. The van der Waals surface area contributed by atoms with Gasteiger partial charge in [0, 0.05) is 13.0 Å². The van der Waals surface area contributed by atoms with Gasteiger partial charge in [0.2, 0.25) is 0 Å². The first kappa shape index (κ1) is 15.7. The monoisotopic (exact) mass is 263 g/mol. The Balaban J connectivity index is 2.37. The van der Waals surface area contributed by atoms with E-state index in [2.05, 4.69) is 43.0 Å². The molecule has 0 saturated carbocycles. The van der Waals surface area contributed by atoms with E-state index >= 15 is 0 Å². The van der Waals surface area contributed by atoms with Crippen LogP contribution >= 0.6 is 0 Å². The van der Waals surface area contributed by atoms with E-state index in [0.717, 1.165) is 19.5 Å². The maximum atomic E-state index is 10.4. The van der Waals surface area contributed by atoms with Gasteiger partial charge in [-0.1, -0.05) is 38.1 Å². The third-order valence-corrected chi connectivity index (χ3v) is 3.05. The van der Waals surface area contributed by atoms with Crippen LogP contribution in [0.2, 0.25) is 0 Å². The highest BCUT2D eigenvalue weighted by molar-refractivity contribution is 5.66. The van der Waals surface area contributed by atoms with Crippen molar-refractivity contribution in [3.05, 3.63) is 35.4 Å². The van der Waals surface area contributed by atoms with Gasteiger partial charge < -0.3 is 10.0 Å². The average Bonchev–Trinajstić information content (AvgIpc) is 2.30. The highest BCUT2D eigenvalue weighted by Crippen LogP contribution is 2.11. The zero-order chi connectivity index (χ0) is 14.3. The molecule has 0 aliphatic heterocycles. The SMILES string of the molecule is CC(C)Cc1ccc(CN(C)CCCC(=O)O)cc1. The molecule has 0 spiro atoms. The zero-order valence-corrected chi connectivity index (χ0v) is 12.2. The van der Waals surface area contributed by atoms with Crippen LogP contribution in [-0.2, 0) is 17.8 Å². The molecule has 1 aromatic rings. The number of hydrogen-bond donors (Lipinski definition) is 1. The Morgan fingerprint density at radius 1 is 1.21 bits per heavy atom. The number of rotatable bonds is 8. The zero-order valence-electron chi connectivity index (χ0n) is 12.2. The van der Waals surface area contributed by atoms with Crippen molar-refractivity contribution in [2.75, 3.05) is 13.6 Å². The number of nitrogens with zero attached hydrogens (tertiary/aromatic N) is 1. The molecule has 106 valence electrons. The topological polar surface area (TPSA) is 40.5 Å². The lowest BCUT2D eigenvalue weighted by atomic mass is 10.0. The standard InChI is InChI=1S/C16H25NO2/c1-13(2)11-14-6-8-15(9-7-14)12-17(3)10-4-5-16(18)19/h6-9,13H,4-5,10-12H2,1-3H3,(H,18,19). The van der Waals surface area contributed by atoms with E-state index in [4.69, 9.17) is 5.11 Å². The van der Waals surface area contributed by atoms with Crippen molar-refractivity contribution in [2.45, 2.75) is 39.7 Å². The number of hydrogen-bond acceptors (Lipinski definition) is 2. The van der Waals surface area contributed by atoms with Crippen LogP contribution in [0.5, 0.6) is 0 Å². The van der Waals surface area contributed by atoms with Gasteiger partial charge in [0.05, 0.1) is 0 Å². The van der Waals surface area contributed by atoms with Crippen LogP contribution in [0.25, 0.3) is 0 Å². The number of aliphatic carboxylic acids is 1. The van der Waals surface area contributed by atoms with E-state index in [1.54, 1.807) is 0 Å². The van der Waals surface area contributed by atoms with Gasteiger partial charge in [-0.2, -0.15) is 0 Å². The summed E-state index contributed by atoms with van der Waals surface area (Å²) in [7, 11) is 2.03. The van der Waals surface area contributed by atoms with Crippen LogP contribution in [0.15, 0.2) is 24.3 Å². The fourth-order valence-corrected chi connectivity index (χ4v) is 2.14. The fraction of sp³-hybridized carbons (Fsp3) is 0.562. The lowest BCUT2D eigenvalue weighted by Crippen LogP contribution is -2.19. The largest absolute Gasteiger partial charge is 0.481 e. The molecular formula is C16H25NO2. The summed E-state index contributed by atoms with van der Waals surface area (Å²) in [6, 6.07) is 8.73. The second-order valence-corrected chi connectivity index (χ2v) is 5.65. The first-order valence-corrected chi connectivity index (χ1v) is 6.95. The lowest BCUT2D eigenvalue weighted by Gasteiger charge is -2.16. The minimum absolute atomic E-state index is 0.248. The summed E-state index contributed by atoms with van der Waals surface area (Å²) in [4.78, 5) is 12.6. The van der Waals surface area contributed by atoms with Crippen LogP contribution in [0.1, 0.15) is 37.8 Å². The van der Waals surface area contributed by atoms with Crippen LogP contribution < -0.4 is 0 Å². The van der Waals surface area contributed by atoms with Crippen LogP contribution in [0.3, 0.4) is 0 Å². The lowest BCUT2D eigenvalue weighted by molar-refractivity contribution is -0.137. The molecule has 19 heavy (non-hydrogen) atoms. The van der Waals surface area contributed by atoms with E-state index < -0.39 is 5.97 Å². The van der Waals surface area contributed by atoms with Gasteiger partial charge in [-0.3, -0.25) is 4.79 Å². The summed E-state index contributed by atoms with van der Waals surface area (Å²) < 4.78 is 0. The summed E-state index contributed by atoms with van der Waals surface area (Å²) in [5.41, 5.74) is 2.66. The highest BCUT2D eigenvalue weighted by Gasteiger charge is 2.03. The molecular weight excluding hydrogens is 238 g/mol. The molecule has 1 N–H and O–H groups in total. The van der Waals surface area contributed by atoms with Crippen molar-refractivity contribution in [3.63, 3.8) is 0 Å². The van der Waals surface area contributed by atoms with Crippen molar-refractivity contribution < 1.29 is 9.90 Å². The number of benzene rings is 1. The molecule has 3 nitrogen and oxygen atoms in total. The third kappa shape index (κ3) is 6.97. The molecule has 0 saturated heterocycles. The van der Waals surface area contributed by atoms with E-state index in [9.17, 15) is 4.79 Å². The second kappa shape index (κ2) is 7.95. The van der Waals surface area contributed by atoms with Crippen molar-refractivity contribution in [1.29, 1.82) is 0 Å². The molecule has 0 heterocycles. The van der Waals surface area contributed by atoms with Gasteiger partial charge in [0.1, 0.15) is 0 Å². The smallest absolute Gasteiger partial charge is 0.303 e. The molecule has 3 heteroatoms. The fourth-order valence-electron chi connectivity index (χ4n) is 2.14. The molecule has 0 amide bonds. The van der Waals surface area contributed by atoms with Gasteiger partial charge in [0.25, 0.3) is 0 Å². The van der Waals surface area contributed by atoms with Gasteiger partial charge in [0.15, 0.2) is 0 Å². The molecule has 1 rings (SSSR count). The van der Waals surface area contributed by atoms with E-state index in [1.165, 1.54) is 11.1 Å². The maximum Gasteiger partial charge on any atom is 0.303 e. The summed E-state index contributed by atoms with van der Waals surface area (Å²) in [6.07, 6.45) is 2.07. The van der Waals surface area contributed by atoms with Crippen molar-refractivity contribution >= 4 is 5.97 Å². The number of carbonyl (C=O) groups is 1. The van der Waals surface area contributed by atoms with Gasteiger partial charge in [-0.05, 0) is 43.5 Å². The predicted molar refractivity (Wildman–Crippen MR) is 78.2 cm³/mol. The van der Waals surface area contributed by atoms with Gasteiger partial charge in [-0.15, -0.1) is 0 Å². The van der Waals surface area contributed by atoms with Crippen LogP contribution in [-0.4, -0.2) is 29.6 Å². The molecule has 0 aliphatic carbocycles. The maximum absolute atomic E-state index is 10.4. The Morgan fingerprint density at radius 3 is 2.32 bits per heavy atom. The van der Waals surface area contributed by atoms with E-state index in [-0.39, 0.29) is 6.42 Å². The summed E-state index contributed by atoms with van der Waals surface area (Å²) in [6.45, 7) is 6.15. The molecule has 0 unspecified atom stereocenters. The summed E-state index contributed by atoms with van der Waals surface area (Å²) in [5.74, 6) is -0.0315. The van der Waals surface area contributed by atoms with E-state index in [0.29, 0.717) is 12.3 Å². The molecule has 0 radical (unpaired) electrons. The van der Waals surface area contributed by atoms with E-state index in [1.807, 2.05) is 7.05 Å². The van der Waals surface area contributed by atoms with Crippen molar-refractivity contribution in [3.8, 4) is 0 Å². The van der Waals surface area contributed by atoms with Crippen molar-refractivity contribution in [1.82, 2.24) is 4.90 Å². The molecule has 0 aliphatic rings. The number of carboxylic acids is 1. The quantitative estimate of drug-likeness (QED) is 0.783. The van der Waals surface area contributed by atoms with Crippen LogP contribution in [0.4, 0.5) is 0 Å². The molecule has 0 aromatic heterocycles. The average molecular weight is 263 g/mol. The Hall–Kier alpha value is -1.35. The normalized spacial score (nSPS) is 11.2. The first-order chi connectivity index (χ1) is 8.97. The highest BCUT2D eigenvalue weighted by atomic mass is 16.4. The molecule has 0 atom stereocenters.